The summed E-state index contributed by atoms with van der Waals surface area (Å²) in [6, 6.07) is 0. The number of rotatable bonds is 46. The largest absolute Gasteiger partial charge is 0.356 e. The van der Waals surface area contributed by atoms with E-state index in [0.717, 1.165) is 68.9 Å². The van der Waals surface area contributed by atoms with Gasteiger partial charge in [0.25, 0.3) is 0 Å². The molecule has 0 spiro atoms. The van der Waals surface area contributed by atoms with E-state index in [0.29, 0.717) is 5.30 Å². The van der Waals surface area contributed by atoms with Gasteiger partial charge in [0, 0.05) is 0 Å². The van der Waals surface area contributed by atoms with Crippen LogP contribution in [-0.4, -0.2) is 9.79 Å². The summed E-state index contributed by atoms with van der Waals surface area (Å²) in [5.74, 6) is 0. The molecular weight excluding hydrogens is 752 g/mol. The first-order valence-corrected chi connectivity index (χ1v) is 29.2. The van der Waals surface area contributed by atoms with Gasteiger partial charge in [0.1, 0.15) is 0 Å². The van der Waals surface area contributed by atoms with Crippen molar-refractivity contribution >= 4 is 12.9 Å². The van der Waals surface area contributed by atoms with Gasteiger partial charge in [-0.2, -0.15) is 0 Å². The average molecular weight is 859 g/mol. The van der Waals surface area contributed by atoms with Gasteiger partial charge < -0.3 is 9.79 Å². The molecule has 1 aromatic rings. The van der Waals surface area contributed by atoms with E-state index in [1.54, 1.807) is 5.56 Å². The average Bonchev–Trinajstić information content (AvgIpc) is 3.23. The highest BCUT2D eigenvalue weighted by Crippen LogP contribution is 2.42. The maximum absolute atomic E-state index is 14.1. The summed E-state index contributed by atoms with van der Waals surface area (Å²) in [4.78, 5) is 23.0. The maximum atomic E-state index is 14.1. The lowest BCUT2D eigenvalue weighted by atomic mass is 9.81. The predicted molar refractivity (Wildman–Crippen MR) is 270 cm³/mol. The fraction of sp³-hybridized carbons (Fsp3) is 0.893. The highest BCUT2D eigenvalue weighted by Gasteiger charge is 2.32. The maximum Gasteiger partial charge on any atom is 0.356 e. The Morgan fingerprint density at radius 3 is 0.583 bits per heavy atom. The van der Waals surface area contributed by atoms with Crippen LogP contribution >= 0.6 is 7.60 Å². The highest BCUT2D eigenvalue weighted by molar-refractivity contribution is 7.60. The second-order valence-corrected chi connectivity index (χ2v) is 20.9. The van der Waals surface area contributed by atoms with E-state index in [1.165, 1.54) is 242 Å². The molecule has 0 aromatic heterocycles. The van der Waals surface area contributed by atoms with Crippen molar-refractivity contribution in [3.05, 3.63) is 27.8 Å². The quantitative estimate of drug-likeness (QED) is 0.0507. The van der Waals surface area contributed by atoms with Gasteiger partial charge in [-0.3, -0.25) is 4.57 Å². The Labute approximate surface area is 377 Å². The molecule has 0 fully saturated rings. The summed E-state index contributed by atoms with van der Waals surface area (Å²) in [7, 11) is -4.49. The Hall–Kier alpha value is -0.630. The van der Waals surface area contributed by atoms with Crippen molar-refractivity contribution in [2.45, 2.75) is 324 Å². The van der Waals surface area contributed by atoms with E-state index in [1.807, 2.05) is 0 Å². The van der Waals surface area contributed by atoms with E-state index >= 15 is 0 Å². The zero-order chi connectivity index (χ0) is 43.8. The number of benzene rings is 1. The number of unbranched alkanes of at least 4 members (excludes halogenated alkanes) is 35. The van der Waals surface area contributed by atoms with E-state index in [2.05, 4.69) is 34.6 Å². The minimum Gasteiger partial charge on any atom is -0.321 e. The topological polar surface area (TPSA) is 57.5 Å². The molecule has 0 aliphatic rings. The standard InChI is InChI=1S/C56H107O3P/c1-6-11-16-21-26-31-36-41-46-51-52(47-42-37-32-27-22-17-12-7-2)54(49-44-39-34-29-24-19-14-9-4)56(60(57,58)59)55(50-45-40-35-30-25-20-15-10-5)53(51)48-43-38-33-28-23-18-13-8-3/h6-50H2,1-5H3,(H2,57,58,59). The molecule has 0 saturated carbocycles. The fourth-order valence-corrected chi connectivity index (χ4v) is 11.2. The van der Waals surface area contributed by atoms with Crippen LogP contribution in [0.15, 0.2) is 0 Å². The molecule has 60 heavy (non-hydrogen) atoms. The lowest BCUT2D eigenvalue weighted by Crippen LogP contribution is -2.25. The lowest BCUT2D eigenvalue weighted by molar-refractivity contribution is 0.386. The van der Waals surface area contributed by atoms with Crippen molar-refractivity contribution in [3.8, 4) is 0 Å². The van der Waals surface area contributed by atoms with Gasteiger partial charge in [-0.15, -0.1) is 0 Å². The fourth-order valence-electron chi connectivity index (χ4n) is 9.99. The Balaban J connectivity index is 3.64. The van der Waals surface area contributed by atoms with Crippen LogP contribution in [0.5, 0.6) is 0 Å². The third-order valence-corrected chi connectivity index (χ3v) is 14.8. The monoisotopic (exact) mass is 859 g/mol. The summed E-state index contributed by atoms with van der Waals surface area (Å²) < 4.78 is 14.1. The molecule has 0 heterocycles. The second-order valence-electron chi connectivity index (χ2n) is 19.4. The second kappa shape index (κ2) is 41.1. The molecule has 1 aromatic carbocycles. The zero-order valence-corrected chi connectivity index (χ0v) is 42.5. The van der Waals surface area contributed by atoms with Crippen molar-refractivity contribution in [2.24, 2.45) is 0 Å². The van der Waals surface area contributed by atoms with Gasteiger partial charge in [-0.25, -0.2) is 0 Å². The smallest absolute Gasteiger partial charge is 0.321 e. The van der Waals surface area contributed by atoms with Crippen molar-refractivity contribution in [1.29, 1.82) is 0 Å². The molecule has 1 rings (SSSR count). The van der Waals surface area contributed by atoms with Crippen molar-refractivity contribution in [3.63, 3.8) is 0 Å². The summed E-state index contributed by atoms with van der Waals surface area (Å²) in [6.45, 7) is 11.5. The molecule has 0 aliphatic heterocycles. The van der Waals surface area contributed by atoms with Crippen LogP contribution in [0.3, 0.4) is 0 Å². The van der Waals surface area contributed by atoms with Gasteiger partial charge in [-0.1, -0.05) is 259 Å². The first-order valence-electron chi connectivity index (χ1n) is 27.6. The van der Waals surface area contributed by atoms with Crippen molar-refractivity contribution in [1.82, 2.24) is 0 Å². The van der Waals surface area contributed by atoms with Gasteiger partial charge in [0.15, 0.2) is 0 Å². The molecule has 2 N–H and O–H groups in total. The zero-order valence-electron chi connectivity index (χ0n) is 41.6. The highest BCUT2D eigenvalue weighted by atomic mass is 31.2. The molecule has 0 atom stereocenters. The first kappa shape index (κ1) is 57.4. The third kappa shape index (κ3) is 28.9. The van der Waals surface area contributed by atoms with Crippen LogP contribution in [0.25, 0.3) is 0 Å². The minimum absolute atomic E-state index is 0.511. The summed E-state index contributed by atoms with van der Waals surface area (Å²) in [5, 5.41) is 0.511. The van der Waals surface area contributed by atoms with Crippen LogP contribution < -0.4 is 5.30 Å². The number of hydrogen-bond donors (Lipinski definition) is 2. The number of hydrogen-bond acceptors (Lipinski definition) is 1. The van der Waals surface area contributed by atoms with Crippen molar-refractivity contribution < 1.29 is 14.4 Å². The van der Waals surface area contributed by atoms with Crippen molar-refractivity contribution in [2.75, 3.05) is 0 Å². The van der Waals surface area contributed by atoms with Gasteiger partial charge in [-0.05, 0) is 92.0 Å². The molecule has 0 amide bonds. The Morgan fingerprint density at radius 1 is 0.250 bits per heavy atom. The van der Waals surface area contributed by atoms with Crippen LogP contribution in [-0.2, 0) is 36.7 Å². The molecule has 0 radical (unpaired) electrons. The van der Waals surface area contributed by atoms with E-state index in [9.17, 15) is 14.4 Å². The molecule has 0 unspecified atom stereocenters. The first-order chi connectivity index (χ1) is 29.4. The summed E-state index contributed by atoms with van der Waals surface area (Å²) in [5.41, 5.74) is 6.59. The van der Waals surface area contributed by atoms with E-state index in [4.69, 9.17) is 0 Å². The third-order valence-electron chi connectivity index (χ3n) is 13.7. The Kier molecular flexibility index (Phi) is 39.3. The molecule has 0 aliphatic carbocycles. The van der Waals surface area contributed by atoms with Crippen LogP contribution in [0.4, 0.5) is 0 Å². The summed E-state index contributed by atoms with van der Waals surface area (Å²) >= 11 is 0. The van der Waals surface area contributed by atoms with Gasteiger partial charge >= 0.3 is 7.60 Å². The van der Waals surface area contributed by atoms with Crippen LogP contribution in [0.1, 0.15) is 319 Å². The van der Waals surface area contributed by atoms with Crippen LogP contribution in [0.2, 0.25) is 0 Å². The van der Waals surface area contributed by atoms with Gasteiger partial charge in [0.2, 0.25) is 0 Å². The predicted octanol–water partition coefficient (Wildman–Crippen LogP) is 18.9. The minimum atomic E-state index is -4.49. The normalized spacial score (nSPS) is 12.0. The Morgan fingerprint density at radius 2 is 0.400 bits per heavy atom. The molecule has 3 nitrogen and oxygen atoms in total. The molecule has 0 saturated heterocycles. The summed E-state index contributed by atoms with van der Waals surface area (Å²) in [6.07, 6.45) is 56.1. The van der Waals surface area contributed by atoms with Crippen LogP contribution in [0, 0.1) is 0 Å². The van der Waals surface area contributed by atoms with Gasteiger partial charge in [0.05, 0.1) is 5.30 Å². The molecular formula is C56H107O3P. The molecule has 0 bridgehead atoms. The van der Waals surface area contributed by atoms with E-state index < -0.39 is 7.60 Å². The SMILES string of the molecule is CCCCCCCCCCc1c(CCCCCCCCCC)c(CCCCCCCCCC)c(P(=O)(O)O)c(CCCCCCCCCC)c1CCCCCCCCCC. The van der Waals surface area contributed by atoms with E-state index in [-0.39, 0.29) is 0 Å². The molecule has 354 valence electrons. The lowest BCUT2D eigenvalue weighted by Gasteiger charge is -2.28. The molecule has 4 heteroatoms. The Bertz CT molecular complexity index is 1070.